The summed E-state index contributed by atoms with van der Waals surface area (Å²) >= 11 is 0. The predicted molar refractivity (Wildman–Crippen MR) is 116 cm³/mol. The van der Waals surface area contributed by atoms with Crippen molar-refractivity contribution in [2.24, 2.45) is 16.2 Å². The second-order valence-electron chi connectivity index (χ2n) is 11.0. The molecule has 0 saturated carbocycles. The average molecular weight is 475 g/mol. The molecule has 5 unspecified atom stereocenters. The summed E-state index contributed by atoms with van der Waals surface area (Å²) in [6, 6.07) is 0. The highest BCUT2D eigenvalue weighted by Gasteiger charge is 2.56. The van der Waals surface area contributed by atoms with E-state index in [2.05, 4.69) is 0 Å². The zero-order chi connectivity index (χ0) is 25.9. The molecule has 0 aliphatic carbocycles. The highest BCUT2D eigenvalue weighted by atomic mass is 16.7. The van der Waals surface area contributed by atoms with Gasteiger partial charge in [-0.25, -0.2) is 4.79 Å². The van der Waals surface area contributed by atoms with Crippen LogP contribution in [-0.2, 0) is 47.6 Å². The maximum absolute atomic E-state index is 12.8. The molecule has 0 bridgehead atoms. The smallest absolute Gasteiger partial charge is 0.339 e. The van der Waals surface area contributed by atoms with Crippen LogP contribution in [0.2, 0.25) is 0 Å². The summed E-state index contributed by atoms with van der Waals surface area (Å²) in [5, 5.41) is 0. The minimum atomic E-state index is -1.49. The Balaban J connectivity index is 3.59. The topological polar surface area (TPSA) is 124 Å². The molecule has 1 rings (SSSR count). The summed E-state index contributed by atoms with van der Waals surface area (Å²) in [5.41, 5.74) is -2.80. The van der Waals surface area contributed by atoms with Crippen molar-refractivity contribution in [3.63, 3.8) is 0 Å². The number of hydrogen-bond donors (Lipinski definition) is 0. The van der Waals surface area contributed by atoms with E-state index < -0.39 is 70.8 Å². The first kappa shape index (κ1) is 28.8. The van der Waals surface area contributed by atoms with Crippen LogP contribution in [0.5, 0.6) is 0 Å². The summed E-state index contributed by atoms with van der Waals surface area (Å²) in [6.45, 7) is 14.7. The van der Waals surface area contributed by atoms with Crippen molar-refractivity contribution in [1.29, 1.82) is 0 Å². The van der Waals surface area contributed by atoms with Crippen LogP contribution in [0.3, 0.4) is 0 Å². The zero-order valence-electron chi connectivity index (χ0n) is 21.5. The molecule has 1 saturated heterocycles. The van der Waals surface area contributed by atoms with Crippen LogP contribution in [0.4, 0.5) is 0 Å². The third-order valence-electron chi connectivity index (χ3n) is 4.73. The Hall–Kier alpha value is -2.20. The molecule has 1 heterocycles. The summed E-state index contributed by atoms with van der Waals surface area (Å²) in [5.74, 6) is -2.85. The first-order valence-electron chi connectivity index (χ1n) is 10.7. The van der Waals surface area contributed by atoms with E-state index in [4.69, 9.17) is 28.4 Å². The van der Waals surface area contributed by atoms with Gasteiger partial charge in [0.05, 0.1) is 23.4 Å². The summed E-state index contributed by atoms with van der Waals surface area (Å²) in [6.07, 6.45) is -6.99. The Labute approximate surface area is 195 Å². The van der Waals surface area contributed by atoms with E-state index in [0.717, 1.165) is 7.11 Å². The standard InChI is InChI=1S/C23H38O10/c1-21(2,3)18(25)31-12-13(32-19(26)22(4,5)6)15(33-20(27)23(7,8)9)17(29-11)30-14(12)16(24)28-10/h12-15,17H,1-11H3. The minimum absolute atomic E-state index is 0.632. The van der Waals surface area contributed by atoms with Gasteiger partial charge in [0, 0.05) is 7.11 Å². The van der Waals surface area contributed by atoms with E-state index in [1.165, 1.54) is 7.11 Å². The maximum atomic E-state index is 12.8. The molecule has 33 heavy (non-hydrogen) atoms. The monoisotopic (exact) mass is 474 g/mol. The fraction of sp³-hybridized carbons (Fsp3) is 0.826. The lowest BCUT2D eigenvalue weighted by molar-refractivity contribution is -0.300. The van der Waals surface area contributed by atoms with Crippen LogP contribution < -0.4 is 0 Å². The molecule has 1 aliphatic heterocycles. The molecule has 0 aromatic heterocycles. The molecule has 0 aromatic carbocycles. The van der Waals surface area contributed by atoms with Gasteiger partial charge < -0.3 is 28.4 Å². The summed E-state index contributed by atoms with van der Waals surface area (Å²) in [4.78, 5) is 50.8. The molecular formula is C23H38O10. The maximum Gasteiger partial charge on any atom is 0.339 e. The SMILES string of the molecule is COC(=O)C1OC(OC)C(OC(=O)C(C)(C)C)C(OC(=O)C(C)(C)C)C1OC(=O)C(C)(C)C. The van der Waals surface area contributed by atoms with Crippen molar-refractivity contribution in [2.75, 3.05) is 14.2 Å². The molecule has 1 fully saturated rings. The first-order chi connectivity index (χ1) is 14.8. The first-order valence-corrected chi connectivity index (χ1v) is 10.7. The van der Waals surface area contributed by atoms with Gasteiger partial charge in [0.15, 0.2) is 30.7 Å². The quantitative estimate of drug-likeness (QED) is 0.433. The van der Waals surface area contributed by atoms with Crippen molar-refractivity contribution in [1.82, 2.24) is 0 Å². The van der Waals surface area contributed by atoms with Crippen LogP contribution >= 0.6 is 0 Å². The van der Waals surface area contributed by atoms with Crippen LogP contribution in [-0.4, -0.2) is 68.8 Å². The number of methoxy groups -OCH3 is 2. The molecular weight excluding hydrogens is 436 g/mol. The molecule has 0 radical (unpaired) electrons. The fourth-order valence-corrected chi connectivity index (χ4v) is 2.60. The van der Waals surface area contributed by atoms with E-state index in [9.17, 15) is 19.2 Å². The van der Waals surface area contributed by atoms with Crippen LogP contribution in [0.1, 0.15) is 62.3 Å². The normalized spacial score (nSPS) is 26.2. The molecule has 0 aromatic rings. The van der Waals surface area contributed by atoms with Crippen LogP contribution in [0.25, 0.3) is 0 Å². The highest BCUT2D eigenvalue weighted by Crippen LogP contribution is 2.34. The van der Waals surface area contributed by atoms with Crippen molar-refractivity contribution in [2.45, 2.75) is 93.0 Å². The van der Waals surface area contributed by atoms with E-state index >= 15 is 0 Å². The Morgan fingerprint density at radius 2 is 0.970 bits per heavy atom. The molecule has 190 valence electrons. The van der Waals surface area contributed by atoms with Gasteiger partial charge in [0.1, 0.15) is 0 Å². The lowest BCUT2D eigenvalue weighted by Gasteiger charge is -2.44. The van der Waals surface area contributed by atoms with Gasteiger partial charge in [-0.05, 0) is 62.3 Å². The number of rotatable bonds is 5. The van der Waals surface area contributed by atoms with Crippen molar-refractivity contribution < 1.29 is 47.6 Å². The second-order valence-corrected chi connectivity index (χ2v) is 11.0. The molecule has 10 heteroatoms. The van der Waals surface area contributed by atoms with Gasteiger partial charge >= 0.3 is 23.9 Å². The van der Waals surface area contributed by atoms with Gasteiger partial charge in [-0.3, -0.25) is 14.4 Å². The minimum Gasteiger partial charge on any atom is -0.467 e. The number of carbonyl (C=O) groups is 4. The third-order valence-corrected chi connectivity index (χ3v) is 4.73. The van der Waals surface area contributed by atoms with Crippen LogP contribution in [0, 0.1) is 16.2 Å². The lowest BCUT2D eigenvalue weighted by Crippen LogP contribution is -2.64. The Morgan fingerprint density at radius 3 is 1.30 bits per heavy atom. The average Bonchev–Trinajstić information content (AvgIpc) is 2.67. The van der Waals surface area contributed by atoms with E-state index in [1.54, 1.807) is 62.3 Å². The zero-order valence-corrected chi connectivity index (χ0v) is 21.5. The highest BCUT2D eigenvalue weighted by molar-refractivity contribution is 5.80. The van der Waals surface area contributed by atoms with Gasteiger partial charge in [0.25, 0.3) is 0 Å². The van der Waals surface area contributed by atoms with Crippen molar-refractivity contribution in [3.05, 3.63) is 0 Å². The molecule has 5 atom stereocenters. The van der Waals surface area contributed by atoms with Gasteiger partial charge in [-0.15, -0.1) is 0 Å². The van der Waals surface area contributed by atoms with Crippen LogP contribution in [0.15, 0.2) is 0 Å². The van der Waals surface area contributed by atoms with Gasteiger partial charge in [0.2, 0.25) is 0 Å². The Morgan fingerprint density at radius 1 is 0.606 bits per heavy atom. The number of ether oxygens (including phenoxy) is 6. The molecule has 1 aliphatic rings. The predicted octanol–water partition coefficient (Wildman–Crippen LogP) is 2.40. The molecule has 0 N–H and O–H groups in total. The van der Waals surface area contributed by atoms with Gasteiger partial charge in [-0.1, -0.05) is 0 Å². The number of carbonyl (C=O) groups excluding carboxylic acids is 4. The van der Waals surface area contributed by atoms with E-state index in [-0.39, 0.29) is 0 Å². The number of esters is 4. The third kappa shape index (κ3) is 7.40. The summed E-state index contributed by atoms with van der Waals surface area (Å²) < 4.78 is 32.8. The molecule has 0 spiro atoms. The summed E-state index contributed by atoms with van der Waals surface area (Å²) in [7, 11) is 2.42. The van der Waals surface area contributed by atoms with E-state index in [1.807, 2.05) is 0 Å². The number of hydrogen-bond acceptors (Lipinski definition) is 10. The molecule has 0 amide bonds. The van der Waals surface area contributed by atoms with Gasteiger partial charge in [-0.2, -0.15) is 0 Å². The Bertz CT molecular complexity index is 738. The fourth-order valence-electron chi connectivity index (χ4n) is 2.60. The lowest BCUT2D eigenvalue weighted by atomic mass is 9.93. The second kappa shape index (κ2) is 10.4. The Kier molecular flexibility index (Phi) is 9.07. The van der Waals surface area contributed by atoms with Crippen molar-refractivity contribution >= 4 is 23.9 Å². The van der Waals surface area contributed by atoms with E-state index in [0.29, 0.717) is 0 Å². The molecule has 10 nitrogen and oxygen atoms in total. The largest absolute Gasteiger partial charge is 0.467 e. The van der Waals surface area contributed by atoms with Crippen molar-refractivity contribution in [3.8, 4) is 0 Å².